The Morgan fingerprint density at radius 1 is 1.33 bits per heavy atom. The average molecular weight is 672 g/mol. The van der Waals surface area contributed by atoms with E-state index in [2.05, 4.69) is 19.7 Å². The molecule has 1 aliphatic rings. The molecule has 1 aromatic carbocycles. The van der Waals surface area contributed by atoms with Gasteiger partial charge in [0.05, 0.1) is 18.0 Å². The van der Waals surface area contributed by atoms with Gasteiger partial charge in [-0.15, -0.1) is 20.3 Å². The number of carbonyl (C=O) groups is 3. The fourth-order valence-corrected chi connectivity index (χ4v) is 5.33. The number of nitrogens with zero attached hydrogens (tertiary/aromatic N) is 5. The molecule has 3 atom stereocenters. The number of β-lactam (4-membered cyclic amide) rings is 1. The van der Waals surface area contributed by atoms with Crippen LogP contribution in [0.2, 0.25) is 0 Å². The zero-order valence-corrected chi connectivity index (χ0v) is 25.7. The number of aliphatic hydroxyl groups is 1. The van der Waals surface area contributed by atoms with Crippen molar-refractivity contribution in [2.75, 3.05) is 18.9 Å². The number of fused-ring (bicyclic) bond motifs is 1. The van der Waals surface area contributed by atoms with E-state index in [1.54, 1.807) is 36.1 Å². The molecule has 21 heteroatoms. The minimum absolute atomic E-state index is 0.0477. The summed E-state index contributed by atoms with van der Waals surface area (Å²) in [6, 6.07) is 3.67. The fourth-order valence-electron chi connectivity index (χ4n) is 4.33. The Hall–Kier alpha value is -4.41. The highest BCUT2D eigenvalue weighted by atomic mass is 32.3. The average Bonchev–Trinajstić information content (AvgIpc) is 3.53. The van der Waals surface area contributed by atoms with E-state index in [1.807, 2.05) is 4.68 Å². The number of amides is 2. The Kier molecular flexibility index (Phi) is 9.60. The summed E-state index contributed by atoms with van der Waals surface area (Å²) < 4.78 is 44.6. The van der Waals surface area contributed by atoms with Crippen molar-refractivity contribution >= 4 is 61.3 Å². The molecule has 2 unspecified atom stereocenters. The van der Waals surface area contributed by atoms with Crippen molar-refractivity contribution < 1.29 is 56.1 Å². The van der Waals surface area contributed by atoms with Gasteiger partial charge >= 0.3 is 16.4 Å². The van der Waals surface area contributed by atoms with E-state index in [0.29, 0.717) is 10.8 Å². The smallest absolute Gasteiger partial charge is 0.418 e. The molecular weight excluding hydrogens is 640 g/mol. The molecule has 0 spiro atoms. The maximum Gasteiger partial charge on any atom is 0.418 e. The molecule has 3 aromatic rings. The van der Waals surface area contributed by atoms with Gasteiger partial charge in [-0.05, 0) is 32.0 Å². The highest BCUT2D eigenvalue weighted by molar-refractivity contribution is 7.80. The Balaban J connectivity index is 1.49. The molecule has 3 heterocycles. The van der Waals surface area contributed by atoms with E-state index in [0.717, 1.165) is 22.2 Å². The van der Waals surface area contributed by atoms with Crippen LogP contribution in [-0.2, 0) is 47.5 Å². The number of carbonyl (C=O) groups excluding carboxylic acids is 2. The molecule has 1 aliphatic heterocycles. The van der Waals surface area contributed by atoms with Gasteiger partial charge in [0, 0.05) is 11.9 Å². The molecule has 0 aliphatic carbocycles. The molecule has 0 bridgehead atoms. The van der Waals surface area contributed by atoms with Gasteiger partial charge in [0.2, 0.25) is 6.20 Å². The quantitative estimate of drug-likeness (QED) is 0.0353. The van der Waals surface area contributed by atoms with Crippen LogP contribution in [0.3, 0.4) is 0 Å². The van der Waals surface area contributed by atoms with Crippen molar-refractivity contribution in [1.82, 2.24) is 20.0 Å². The molecule has 0 saturated carbocycles. The number of ether oxygens (including phenoxy) is 1. The van der Waals surface area contributed by atoms with Crippen LogP contribution in [0.4, 0.5) is 5.13 Å². The summed E-state index contributed by atoms with van der Waals surface area (Å²) in [5.41, 5.74) is 9.92. The number of nitrogens with two attached hydrogens (primary N) is 2. The Morgan fingerprint density at radius 3 is 2.62 bits per heavy atom. The first-order chi connectivity index (χ1) is 21.0. The van der Waals surface area contributed by atoms with Crippen LogP contribution < -0.4 is 26.2 Å². The molecule has 2 amide bonds. The van der Waals surface area contributed by atoms with Gasteiger partial charge in [-0.25, -0.2) is 9.78 Å². The van der Waals surface area contributed by atoms with Gasteiger partial charge in [-0.3, -0.25) is 14.1 Å². The number of rotatable bonds is 14. The van der Waals surface area contributed by atoms with E-state index in [1.165, 1.54) is 19.2 Å². The minimum Gasteiger partial charge on any atom is -0.489 e. The van der Waals surface area contributed by atoms with Gasteiger partial charge in [0.1, 0.15) is 35.7 Å². The number of carboxylic acids is 1. The van der Waals surface area contributed by atoms with E-state index in [9.17, 15) is 33.0 Å². The zero-order chi connectivity index (χ0) is 33.3. The predicted octanol–water partition coefficient (Wildman–Crippen LogP) is -2.08. The number of anilines is 1. The number of nitrogen functional groups attached to an aromatic ring is 1. The van der Waals surface area contributed by atoms with Gasteiger partial charge in [0.25, 0.3) is 17.9 Å². The molecule has 4 rings (SSSR count). The lowest BCUT2D eigenvalue weighted by Crippen LogP contribution is -2.76. The number of hydrogen-bond acceptors (Lipinski definition) is 14. The first-order valence-electron chi connectivity index (χ1n) is 13.0. The van der Waals surface area contributed by atoms with Crippen molar-refractivity contribution in [1.29, 1.82) is 0 Å². The summed E-state index contributed by atoms with van der Waals surface area (Å²) >= 11 is 0.948. The van der Waals surface area contributed by atoms with E-state index >= 15 is 0 Å². The summed E-state index contributed by atoms with van der Waals surface area (Å²) in [7, 11) is -3.22. The second kappa shape index (κ2) is 12.9. The van der Waals surface area contributed by atoms with Crippen LogP contribution in [0.15, 0.2) is 34.9 Å². The minimum atomic E-state index is -5.02. The van der Waals surface area contributed by atoms with Crippen LogP contribution in [0, 0.1) is 0 Å². The van der Waals surface area contributed by atoms with Crippen LogP contribution in [0.1, 0.15) is 19.5 Å². The molecule has 8 N–H and O–H groups in total. The molecule has 244 valence electrons. The number of nitrogens with one attached hydrogen (secondary N) is 1. The van der Waals surface area contributed by atoms with E-state index in [-0.39, 0.29) is 23.9 Å². The molecule has 1 saturated heterocycles. The molecule has 0 radical (unpaired) electrons. The molecule has 45 heavy (non-hydrogen) atoms. The number of aliphatic hydroxyl groups excluding tert-OH is 1. The van der Waals surface area contributed by atoms with E-state index in [4.69, 9.17) is 25.6 Å². The van der Waals surface area contributed by atoms with Gasteiger partial charge in [-0.2, -0.15) is 18.2 Å². The third-order valence-electron chi connectivity index (χ3n) is 6.74. The summed E-state index contributed by atoms with van der Waals surface area (Å²) in [5, 5.41) is 28.2. The van der Waals surface area contributed by atoms with Crippen molar-refractivity contribution in [3.05, 3.63) is 35.5 Å². The normalized spacial score (nSPS) is 17.9. The standard InChI is InChI=1S/C24H30N8O11S2/c1-24(2)19(21(35)32(24)43-45(38,39)40)28-20(34)18(15-11-44-23(26)27-15)29-42-17(22(36)37)10-41-14-4-5-16-12(6-14)8-31(30(16)3)9-13(33)7-25/h4-6,8,11,13,17,19,33H,7,9-10,25H2,1-3H3,(H4-,26,27,28,34,36,37,38,39,40)/p+1/b29-18-/t13-,17?,19?/m1/s1. The highest BCUT2D eigenvalue weighted by Gasteiger charge is 2.58. The Morgan fingerprint density at radius 2 is 2.04 bits per heavy atom. The monoisotopic (exact) mass is 671 g/mol. The fraction of sp³-hybridized carbons (Fsp3) is 0.417. The first kappa shape index (κ1) is 33.5. The van der Waals surface area contributed by atoms with Crippen molar-refractivity contribution in [3.8, 4) is 5.75 Å². The topological polar surface area (TPSA) is 275 Å². The van der Waals surface area contributed by atoms with Crippen molar-refractivity contribution in [2.24, 2.45) is 17.9 Å². The van der Waals surface area contributed by atoms with Crippen LogP contribution in [0.5, 0.6) is 5.75 Å². The Bertz CT molecular complexity index is 1750. The predicted molar refractivity (Wildman–Crippen MR) is 155 cm³/mol. The number of carboxylic acid groups (broad SMARTS) is 1. The maximum atomic E-state index is 13.2. The van der Waals surface area contributed by atoms with Crippen LogP contribution in [0.25, 0.3) is 10.9 Å². The first-order valence-corrected chi connectivity index (χ1v) is 15.3. The number of aromatic nitrogens is 3. The number of thiazole rings is 1. The summed E-state index contributed by atoms with van der Waals surface area (Å²) in [6.07, 6.45) is -0.686. The number of hydrogen-bond donors (Lipinski definition) is 6. The maximum absolute atomic E-state index is 13.2. The summed E-state index contributed by atoms with van der Waals surface area (Å²) in [4.78, 5) is 46.8. The molecule has 2 aromatic heterocycles. The van der Waals surface area contributed by atoms with Gasteiger partial charge in [0.15, 0.2) is 17.4 Å². The van der Waals surface area contributed by atoms with Gasteiger partial charge in [-0.1, -0.05) is 5.16 Å². The number of benzene rings is 1. The lowest BCUT2D eigenvalue weighted by Gasteiger charge is -2.50. The van der Waals surface area contributed by atoms with Gasteiger partial charge < -0.3 is 36.6 Å². The SMILES string of the molecule is Cn1c2ccc(OCC(O/N=C(\C(=O)NC3C(=O)N(OS(=O)(=O)O)C3(C)C)c3csc(N)n3)C(=O)O)cc2c[n+]1C[C@H](O)CN. The Labute approximate surface area is 259 Å². The number of oxime groups is 1. The molecule has 1 fully saturated rings. The number of aliphatic carboxylic acids is 1. The number of hydroxylamine groups is 2. The largest absolute Gasteiger partial charge is 0.489 e. The molecular formula is C24H31N8O11S2+. The highest BCUT2D eigenvalue weighted by Crippen LogP contribution is 2.33. The summed E-state index contributed by atoms with van der Waals surface area (Å²) in [6.45, 7) is 2.52. The van der Waals surface area contributed by atoms with Crippen LogP contribution in [-0.4, -0.2) is 98.3 Å². The zero-order valence-electron chi connectivity index (χ0n) is 24.1. The van der Waals surface area contributed by atoms with Crippen LogP contribution >= 0.6 is 11.3 Å². The third kappa shape index (κ3) is 7.46. The van der Waals surface area contributed by atoms with Crippen molar-refractivity contribution in [3.63, 3.8) is 0 Å². The van der Waals surface area contributed by atoms with E-state index < -0.39 is 64.3 Å². The number of aryl methyl sites for hydroxylation is 1. The lowest BCUT2D eigenvalue weighted by atomic mass is 9.84. The third-order valence-corrected chi connectivity index (χ3v) is 7.75. The van der Waals surface area contributed by atoms with Crippen molar-refractivity contribution in [2.45, 2.75) is 44.2 Å². The summed E-state index contributed by atoms with van der Waals surface area (Å²) in [5.74, 6) is -3.21. The second-order valence-electron chi connectivity index (χ2n) is 10.3. The lowest BCUT2D eigenvalue weighted by molar-refractivity contribution is -0.775. The second-order valence-corrected chi connectivity index (χ2v) is 12.2. The molecule has 19 nitrogen and oxygen atoms in total.